The molecule has 1 unspecified atom stereocenters. The van der Waals surface area contributed by atoms with E-state index < -0.39 is 0 Å². The first-order chi connectivity index (χ1) is 6.31. The van der Waals surface area contributed by atoms with Crippen LogP contribution in [0.4, 0.5) is 0 Å². The molecule has 2 rings (SSSR count). The van der Waals surface area contributed by atoms with E-state index in [1.807, 2.05) is 18.2 Å². The van der Waals surface area contributed by atoms with Crippen LogP contribution in [0, 0.1) is 11.3 Å². The monoisotopic (exact) mass is 191 g/mol. The van der Waals surface area contributed by atoms with Crippen molar-refractivity contribution in [2.24, 2.45) is 0 Å². The molecular formula is C11H10ClN. The average molecular weight is 192 g/mol. The Morgan fingerprint density at radius 2 is 2.31 bits per heavy atom. The van der Waals surface area contributed by atoms with Gasteiger partial charge in [-0.2, -0.15) is 5.26 Å². The smallest absolute Gasteiger partial charge is 0.0716 e. The zero-order valence-corrected chi connectivity index (χ0v) is 8.01. The highest BCUT2D eigenvalue weighted by atomic mass is 35.5. The van der Waals surface area contributed by atoms with Crippen molar-refractivity contribution in [2.45, 2.75) is 25.2 Å². The van der Waals surface area contributed by atoms with E-state index in [0.29, 0.717) is 0 Å². The molecule has 0 fully saturated rings. The number of fused-ring (bicyclic) bond motifs is 1. The summed E-state index contributed by atoms with van der Waals surface area (Å²) in [7, 11) is 0. The van der Waals surface area contributed by atoms with Gasteiger partial charge in [-0.1, -0.05) is 17.7 Å². The summed E-state index contributed by atoms with van der Waals surface area (Å²) in [6.07, 6.45) is 3.18. The Hall–Kier alpha value is -1.00. The van der Waals surface area contributed by atoms with E-state index in [-0.39, 0.29) is 5.92 Å². The summed E-state index contributed by atoms with van der Waals surface area (Å²) in [6, 6.07) is 8.21. The highest BCUT2D eigenvalue weighted by Gasteiger charge is 2.19. The second kappa shape index (κ2) is 3.40. The highest BCUT2D eigenvalue weighted by Crippen LogP contribution is 2.32. The van der Waals surface area contributed by atoms with Gasteiger partial charge in [0.25, 0.3) is 0 Å². The van der Waals surface area contributed by atoms with Crippen LogP contribution in [-0.2, 0) is 6.42 Å². The largest absolute Gasteiger partial charge is 0.198 e. The van der Waals surface area contributed by atoms with E-state index in [1.54, 1.807) is 0 Å². The molecule has 1 aliphatic carbocycles. The van der Waals surface area contributed by atoms with E-state index in [9.17, 15) is 0 Å². The number of rotatable bonds is 0. The van der Waals surface area contributed by atoms with Gasteiger partial charge in [0.1, 0.15) is 0 Å². The molecule has 0 aromatic heterocycles. The molecule has 0 heterocycles. The summed E-state index contributed by atoms with van der Waals surface area (Å²) < 4.78 is 0. The first-order valence-electron chi connectivity index (χ1n) is 4.49. The average Bonchev–Trinajstić information content (AvgIpc) is 2.17. The van der Waals surface area contributed by atoms with Crippen LogP contribution in [-0.4, -0.2) is 0 Å². The van der Waals surface area contributed by atoms with Crippen LogP contribution in [0.1, 0.15) is 29.9 Å². The third-order valence-electron chi connectivity index (χ3n) is 2.58. The van der Waals surface area contributed by atoms with Crippen molar-refractivity contribution in [1.82, 2.24) is 0 Å². The number of benzene rings is 1. The van der Waals surface area contributed by atoms with Gasteiger partial charge in [0.05, 0.1) is 12.0 Å². The lowest BCUT2D eigenvalue weighted by atomic mass is 9.84. The first-order valence-corrected chi connectivity index (χ1v) is 4.87. The zero-order chi connectivity index (χ0) is 9.26. The Balaban J connectivity index is 2.49. The van der Waals surface area contributed by atoms with Crippen LogP contribution in [0.15, 0.2) is 18.2 Å². The Morgan fingerprint density at radius 3 is 3.08 bits per heavy atom. The van der Waals surface area contributed by atoms with E-state index in [2.05, 4.69) is 6.07 Å². The SMILES string of the molecule is N#CC1CCCc2ccc(Cl)cc21. The Labute approximate surface area is 82.9 Å². The molecule has 2 heteroatoms. The molecule has 1 aromatic carbocycles. The van der Waals surface area contributed by atoms with E-state index in [0.717, 1.165) is 29.8 Å². The summed E-state index contributed by atoms with van der Waals surface area (Å²) in [5.41, 5.74) is 2.43. The molecule has 0 saturated carbocycles. The molecule has 1 nitrogen and oxygen atoms in total. The van der Waals surface area contributed by atoms with Crippen LogP contribution in [0.5, 0.6) is 0 Å². The fourth-order valence-corrected chi connectivity index (χ4v) is 2.08. The summed E-state index contributed by atoms with van der Waals surface area (Å²) in [5.74, 6) is 0.0578. The van der Waals surface area contributed by atoms with Gasteiger partial charge in [0.2, 0.25) is 0 Å². The maximum Gasteiger partial charge on any atom is 0.0716 e. The quantitative estimate of drug-likeness (QED) is 0.618. The number of nitriles is 1. The topological polar surface area (TPSA) is 23.8 Å². The van der Waals surface area contributed by atoms with Crippen molar-refractivity contribution in [1.29, 1.82) is 5.26 Å². The molecule has 0 N–H and O–H groups in total. The molecule has 0 spiro atoms. The normalized spacial score (nSPS) is 20.5. The maximum absolute atomic E-state index is 8.94. The zero-order valence-electron chi connectivity index (χ0n) is 7.26. The first kappa shape index (κ1) is 8.59. The minimum absolute atomic E-state index is 0.0578. The molecule has 1 atom stereocenters. The Kier molecular flexibility index (Phi) is 2.24. The minimum Gasteiger partial charge on any atom is -0.198 e. The van der Waals surface area contributed by atoms with E-state index >= 15 is 0 Å². The van der Waals surface area contributed by atoms with Crippen molar-refractivity contribution in [2.75, 3.05) is 0 Å². The Bertz CT molecular complexity index is 365. The van der Waals surface area contributed by atoms with Gasteiger partial charge in [-0.05, 0) is 42.5 Å². The van der Waals surface area contributed by atoms with Crippen molar-refractivity contribution in [3.63, 3.8) is 0 Å². The summed E-state index contributed by atoms with van der Waals surface area (Å²) in [6.45, 7) is 0. The van der Waals surface area contributed by atoms with Crippen LogP contribution in [0.25, 0.3) is 0 Å². The molecule has 1 aliphatic rings. The Morgan fingerprint density at radius 1 is 1.46 bits per heavy atom. The van der Waals surface area contributed by atoms with Gasteiger partial charge in [-0.15, -0.1) is 0 Å². The molecular weight excluding hydrogens is 182 g/mol. The number of hydrogen-bond acceptors (Lipinski definition) is 1. The third-order valence-corrected chi connectivity index (χ3v) is 2.81. The van der Waals surface area contributed by atoms with Crippen molar-refractivity contribution >= 4 is 11.6 Å². The number of aryl methyl sites for hydroxylation is 1. The number of halogens is 1. The molecule has 66 valence electrons. The molecule has 0 bridgehead atoms. The van der Waals surface area contributed by atoms with Crippen molar-refractivity contribution in [3.05, 3.63) is 34.3 Å². The van der Waals surface area contributed by atoms with Gasteiger partial charge in [0.15, 0.2) is 0 Å². The molecule has 0 aliphatic heterocycles. The second-order valence-corrected chi connectivity index (χ2v) is 3.85. The van der Waals surface area contributed by atoms with Crippen LogP contribution in [0.2, 0.25) is 5.02 Å². The molecule has 13 heavy (non-hydrogen) atoms. The van der Waals surface area contributed by atoms with Gasteiger partial charge in [0, 0.05) is 5.02 Å². The van der Waals surface area contributed by atoms with Crippen LogP contribution in [0.3, 0.4) is 0 Å². The third kappa shape index (κ3) is 1.55. The summed E-state index contributed by atoms with van der Waals surface area (Å²) in [4.78, 5) is 0. The van der Waals surface area contributed by atoms with Gasteiger partial charge in [-0.3, -0.25) is 0 Å². The van der Waals surface area contributed by atoms with E-state index in [1.165, 1.54) is 5.56 Å². The predicted molar refractivity (Wildman–Crippen MR) is 52.7 cm³/mol. The van der Waals surface area contributed by atoms with E-state index in [4.69, 9.17) is 16.9 Å². The van der Waals surface area contributed by atoms with Crippen LogP contribution < -0.4 is 0 Å². The molecule has 0 radical (unpaired) electrons. The minimum atomic E-state index is 0.0578. The lowest BCUT2D eigenvalue weighted by Gasteiger charge is -2.20. The predicted octanol–water partition coefficient (Wildman–Crippen LogP) is 3.28. The van der Waals surface area contributed by atoms with Crippen molar-refractivity contribution < 1.29 is 0 Å². The van der Waals surface area contributed by atoms with Crippen molar-refractivity contribution in [3.8, 4) is 6.07 Å². The molecule has 1 aromatic rings. The fourth-order valence-electron chi connectivity index (χ4n) is 1.90. The maximum atomic E-state index is 8.94. The lowest BCUT2D eigenvalue weighted by molar-refractivity contribution is 0.637. The highest BCUT2D eigenvalue weighted by molar-refractivity contribution is 6.30. The number of nitrogens with zero attached hydrogens (tertiary/aromatic N) is 1. The fraction of sp³-hybridized carbons (Fsp3) is 0.364. The molecule has 0 saturated heterocycles. The van der Waals surface area contributed by atoms with Crippen LogP contribution >= 0.6 is 11.6 Å². The molecule has 0 amide bonds. The lowest BCUT2D eigenvalue weighted by Crippen LogP contribution is -2.07. The van der Waals surface area contributed by atoms with Gasteiger partial charge in [-0.25, -0.2) is 0 Å². The van der Waals surface area contributed by atoms with Gasteiger partial charge < -0.3 is 0 Å². The number of hydrogen-bond donors (Lipinski definition) is 0. The summed E-state index contributed by atoms with van der Waals surface area (Å²) in [5, 5.41) is 9.67. The second-order valence-electron chi connectivity index (χ2n) is 3.42. The van der Waals surface area contributed by atoms with Gasteiger partial charge >= 0.3 is 0 Å². The standard InChI is InChI=1S/C11H10ClN/c12-10-5-4-8-2-1-3-9(7-13)11(8)6-10/h4-6,9H,1-3H2. The summed E-state index contributed by atoms with van der Waals surface area (Å²) >= 11 is 5.89.